The van der Waals surface area contributed by atoms with Gasteiger partial charge in [-0.2, -0.15) is 0 Å². The maximum Gasteiger partial charge on any atom is 0.0822 e. The fraction of sp³-hybridized carbons (Fsp3) is 1.00. The van der Waals surface area contributed by atoms with E-state index in [2.05, 4.69) is 19.2 Å². The predicted octanol–water partition coefficient (Wildman–Crippen LogP) is 1.16. The molecule has 2 atom stereocenters. The van der Waals surface area contributed by atoms with Crippen molar-refractivity contribution < 1.29 is 4.74 Å². The van der Waals surface area contributed by atoms with Gasteiger partial charge in [0.2, 0.25) is 0 Å². The molecule has 0 aliphatic carbocycles. The summed E-state index contributed by atoms with van der Waals surface area (Å²) in [6, 6.07) is 0.666. The fourth-order valence-electron chi connectivity index (χ4n) is 0.870. The lowest BCUT2D eigenvalue weighted by molar-refractivity contribution is 0.386. The summed E-state index contributed by atoms with van der Waals surface area (Å²) in [6.07, 6.45) is 2.98. The molecule has 1 aliphatic rings. The molecule has 0 radical (unpaired) electrons. The Morgan fingerprint density at radius 2 is 2.40 bits per heavy atom. The third-order valence-corrected chi connectivity index (χ3v) is 1.97. The molecule has 60 valence electrons. The first-order valence-electron chi connectivity index (χ1n) is 4.18. The summed E-state index contributed by atoms with van der Waals surface area (Å²) in [6.45, 7) is 6.51. The van der Waals surface area contributed by atoms with Crippen LogP contribution in [0.1, 0.15) is 26.7 Å². The van der Waals surface area contributed by atoms with E-state index in [1.165, 1.54) is 12.8 Å². The molecule has 1 rings (SSSR count). The molecule has 2 heteroatoms. The molecule has 0 spiro atoms. The average Bonchev–Trinajstić information content (AvgIpc) is 2.71. The van der Waals surface area contributed by atoms with Gasteiger partial charge in [0, 0.05) is 6.04 Å². The molecule has 1 aliphatic heterocycles. The summed E-state index contributed by atoms with van der Waals surface area (Å²) in [5, 5.41) is 3.42. The van der Waals surface area contributed by atoms with Crippen LogP contribution >= 0.6 is 0 Å². The number of nitrogens with one attached hydrogen (secondary N) is 1. The van der Waals surface area contributed by atoms with Crippen LogP contribution in [0.15, 0.2) is 0 Å². The van der Waals surface area contributed by atoms with Crippen molar-refractivity contribution >= 4 is 0 Å². The van der Waals surface area contributed by atoms with Crippen molar-refractivity contribution in [2.24, 2.45) is 0 Å². The van der Waals surface area contributed by atoms with E-state index < -0.39 is 0 Å². The molecule has 0 aromatic carbocycles. The van der Waals surface area contributed by atoms with Gasteiger partial charge < -0.3 is 10.1 Å². The molecule has 2 unspecified atom stereocenters. The van der Waals surface area contributed by atoms with Crippen molar-refractivity contribution in [1.82, 2.24) is 5.32 Å². The van der Waals surface area contributed by atoms with Crippen LogP contribution in [0, 0.1) is 0 Å². The van der Waals surface area contributed by atoms with Crippen LogP contribution in [0.25, 0.3) is 0 Å². The predicted molar refractivity (Wildman–Crippen MR) is 42.1 cm³/mol. The molecule has 1 saturated heterocycles. The number of hydrogen-bond acceptors (Lipinski definition) is 2. The van der Waals surface area contributed by atoms with Crippen LogP contribution in [-0.2, 0) is 4.74 Å². The van der Waals surface area contributed by atoms with E-state index >= 15 is 0 Å². The van der Waals surface area contributed by atoms with Crippen molar-refractivity contribution in [1.29, 1.82) is 0 Å². The summed E-state index contributed by atoms with van der Waals surface area (Å²) in [7, 11) is 0. The molecule has 0 aromatic heterocycles. The lowest BCUT2D eigenvalue weighted by atomic mass is 10.2. The second-order valence-corrected chi connectivity index (χ2v) is 3.01. The van der Waals surface area contributed by atoms with E-state index in [9.17, 15) is 0 Å². The highest BCUT2D eigenvalue weighted by molar-refractivity contribution is 4.70. The van der Waals surface area contributed by atoms with E-state index in [0.717, 1.165) is 13.2 Å². The second-order valence-electron chi connectivity index (χ2n) is 3.01. The fourth-order valence-corrected chi connectivity index (χ4v) is 0.870. The van der Waals surface area contributed by atoms with Crippen molar-refractivity contribution in [3.05, 3.63) is 0 Å². The van der Waals surface area contributed by atoms with Crippen LogP contribution in [0.3, 0.4) is 0 Å². The van der Waals surface area contributed by atoms with Crippen molar-refractivity contribution in [2.45, 2.75) is 38.8 Å². The largest absolute Gasteiger partial charge is 0.373 e. The standard InChI is InChI=1S/C8H17NO/c1-3-7(2)9-5-4-8-6-10-8/h7-9H,3-6H2,1-2H3. The number of ether oxygens (including phenoxy) is 1. The van der Waals surface area contributed by atoms with Gasteiger partial charge in [-0.3, -0.25) is 0 Å². The average molecular weight is 143 g/mol. The topological polar surface area (TPSA) is 24.6 Å². The molecular weight excluding hydrogens is 126 g/mol. The minimum absolute atomic E-state index is 0.580. The zero-order valence-electron chi connectivity index (χ0n) is 6.89. The Bertz CT molecular complexity index is 91.3. The van der Waals surface area contributed by atoms with Gasteiger partial charge in [0.25, 0.3) is 0 Å². The maximum atomic E-state index is 5.08. The third kappa shape index (κ3) is 3.18. The van der Waals surface area contributed by atoms with E-state index in [4.69, 9.17) is 4.74 Å². The van der Waals surface area contributed by atoms with Crippen LogP contribution in [-0.4, -0.2) is 25.3 Å². The van der Waals surface area contributed by atoms with Gasteiger partial charge in [-0.25, -0.2) is 0 Å². The smallest absolute Gasteiger partial charge is 0.0822 e. The lowest BCUT2D eigenvalue weighted by Gasteiger charge is -2.09. The normalized spacial score (nSPS) is 26.4. The zero-order chi connectivity index (χ0) is 7.40. The van der Waals surface area contributed by atoms with Gasteiger partial charge >= 0.3 is 0 Å². The minimum atomic E-state index is 0.580. The molecule has 1 fully saturated rings. The van der Waals surface area contributed by atoms with Gasteiger partial charge in [-0.05, 0) is 26.3 Å². The highest BCUT2D eigenvalue weighted by atomic mass is 16.6. The monoisotopic (exact) mass is 143 g/mol. The van der Waals surface area contributed by atoms with Crippen LogP contribution < -0.4 is 5.32 Å². The molecule has 0 bridgehead atoms. The van der Waals surface area contributed by atoms with Gasteiger partial charge in [-0.15, -0.1) is 0 Å². The van der Waals surface area contributed by atoms with E-state index in [1.807, 2.05) is 0 Å². The Morgan fingerprint density at radius 3 is 2.90 bits per heavy atom. The molecule has 1 N–H and O–H groups in total. The van der Waals surface area contributed by atoms with Gasteiger partial charge in [-0.1, -0.05) is 6.92 Å². The van der Waals surface area contributed by atoms with Crippen LogP contribution in [0.5, 0.6) is 0 Å². The SMILES string of the molecule is CCC(C)NCCC1CO1. The third-order valence-electron chi connectivity index (χ3n) is 1.97. The maximum absolute atomic E-state index is 5.08. The van der Waals surface area contributed by atoms with Crippen LogP contribution in [0.2, 0.25) is 0 Å². The van der Waals surface area contributed by atoms with Crippen LogP contribution in [0.4, 0.5) is 0 Å². The Hall–Kier alpha value is -0.0800. The summed E-state index contributed by atoms with van der Waals surface area (Å²) < 4.78 is 5.08. The number of epoxide rings is 1. The zero-order valence-corrected chi connectivity index (χ0v) is 6.89. The molecule has 0 saturated carbocycles. The summed E-state index contributed by atoms with van der Waals surface area (Å²) in [4.78, 5) is 0. The first-order valence-corrected chi connectivity index (χ1v) is 4.18. The molecule has 0 amide bonds. The second kappa shape index (κ2) is 3.94. The Balaban J connectivity index is 1.83. The van der Waals surface area contributed by atoms with Crippen molar-refractivity contribution in [3.63, 3.8) is 0 Å². The van der Waals surface area contributed by atoms with Gasteiger partial charge in [0.1, 0.15) is 0 Å². The van der Waals surface area contributed by atoms with E-state index in [-0.39, 0.29) is 0 Å². The van der Waals surface area contributed by atoms with E-state index in [1.54, 1.807) is 0 Å². The highest BCUT2D eigenvalue weighted by Crippen LogP contribution is 2.11. The Kier molecular flexibility index (Phi) is 3.16. The first-order chi connectivity index (χ1) is 4.83. The minimum Gasteiger partial charge on any atom is -0.373 e. The summed E-state index contributed by atoms with van der Waals surface area (Å²) in [5.41, 5.74) is 0. The Morgan fingerprint density at radius 1 is 1.70 bits per heavy atom. The lowest BCUT2D eigenvalue weighted by Crippen LogP contribution is -2.26. The molecule has 10 heavy (non-hydrogen) atoms. The quantitative estimate of drug-likeness (QED) is 0.584. The van der Waals surface area contributed by atoms with E-state index in [0.29, 0.717) is 12.1 Å². The Labute approximate surface area is 63.0 Å². The first kappa shape index (κ1) is 8.02. The number of hydrogen-bond donors (Lipinski definition) is 1. The van der Waals surface area contributed by atoms with Crippen molar-refractivity contribution in [3.8, 4) is 0 Å². The molecule has 1 heterocycles. The molecular formula is C8H17NO. The molecule has 0 aromatic rings. The van der Waals surface area contributed by atoms with Gasteiger partial charge in [0.15, 0.2) is 0 Å². The number of rotatable bonds is 5. The van der Waals surface area contributed by atoms with Gasteiger partial charge in [0.05, 0.1) is 12.7 Å². The summed E-state index contributed by atoms with van der Waals surface area (Å²) in [5.74, 6) is 0. The van der Waals surface area contributed by atoms with Crippen molar-refractivity contribution in [2.75, 3.05) is 13.2 Å². The summed E-state index contributed by atoms with van der Waals surface area (Å²) >= 11 is 0. The highest BCUT2D eigenvalue weighted by Gasteiger charge is 2.21. The molecule has 2 nitrogen and oxygen atoms in total.